The molecule has 0 unspecified atom stereocenters. The van der Waals surface area contributed by atoms with E-state index in [0.29, 0.717) is 11.4 Å². The van der Waals surface area contributed by atoms with E-state index >= 15 is 0 Å². The van der Waals surface area contributed by atoms with Crippen LogP contribution in [0.15, 0.2) is 12.3 Å². The van der Waals surface area contributed by atoms with Crippen molar-refractivity contribution in [1.82, 2.24) is 4.98 Å². The van der Waals surface area contributed by atoms with Gasteiger partial charge in [0.15, 0.2) is 0 Å². The third-order valence-electron chi connectivity index (χ3n) is 3.31. The fourth-order valence-corrected chi connectivity index (χ4v) is 2.14. The molecule has 1 aliphatic rings. The Morgan fingerprint density at radius 3 is 2.72 bits per heavy atom. The summed E-state index contributed by atoms with van der Waals surface area (Å²) in [6, 6.07) is 1.51. The lowest BCUT2D eigenvalue weighted by molar-refractivity contribution is -0.385. The Morgan fingerprint density at radius 1 is 1.50 bits per heavy atom. The van der Waals surface area contributed by atoms with E-state index in [1.807, 2.05) is 4.90 Å². The normalized spacial score (nSPS) is 16.6. The maximum absolute atomic E-state index is 10.9. The smallest absolute Gasteiger partial charge is 0.277 e. The van der Waals surface area contributed by atoms with Crippen LogP contribution in [0.5, 0.6) is 0 Å². The molecule has 1 saturated heterocycles. The zero-order valence-electron chi connectivity index (χ0n) is 10.2. The molecule has 0 aromatic carbocycles. The molecule has 1 aromatic rings. The second kappa shape index (κ2) is 5.12. The monoisotopic (exact) mass is 249 g/mol. The molecular weight excluding hydrogens is 234 g/mol. The molecule has 2 rings (SSSR count). The zero-order valence-corrected chi connectivity index (χ0v) is 10.2. The fourth-order valence-electron chi connectivity index (χ4n) is 2.14. The molecule has 0 amide bonds. The SMILES string of the molecule is Cc1cnc(N2CCC(C=O)CC2)cc1[N+](=O)[O-]. The van der Waals surface area contributed by atoms with Crippen LogP contribution in [0.25, 0.3) is 0 Å². The van der Waals surface area contributed by atoms with Crippen LogP contribution in [-0.2, 0) is 4.79 Å². The molecule has 2 heterocycles. The molecule has 6 heteroatoms. The number of anilines is 1. The van der Waals surface area contributed by atoms with Gasteiger partial charge in [-0.25, -0.2) is 4.98 Å². The summed E-state index contributed by atoms with van der Waals surface area (Å²) in [5.41, 5.74) is 0.657. The quantitative estimate of drug-likeness (QED) is 0.463. The number of piperidine rings is 1. The lowest BCUT2D eigenvalue weighted by Gasteiger charge is -2.30. The lowest BCUT2D eigenvalue weighted by Crippen LogP contribution is -2.34. The Kier molecular flexibility index (Phi) is 3.55. The number of nitro groups is 1. The summed E-state index contributed by atoms with van der Waals surface area (Å²) >= 11 is 0. The summed E-state index contributed by atoms with van der Waals surface area (Å²) in [6.45, 7) is 3.11. The molecule has 0 aliphatic carbocycles. The van der Waals surface area contributed by atoms with Gasteiger partial charge < -0.3 is 9.69 Å². The molecule has 0 radical (unpaired) electrons. The minimum absolute atomic E-state index is 0.0949. The van der Waals surface area contributed by atoms with Gasteiger partial charge in [0.2, 0.25) is 0 Å². The highest BCUT2D eigenvalue weighted by molar-refractivity contribution is 5.55. The third kappa shape index (κ3) is 2.47. The molecule has 0 atom stereocenters. The maximum atomic E-state index is 10.9. The van der Waals surface area contributed by atoms with E-state index in [2.05, 4.69) is 4.98 Å². The predicted molar refractivity (Wildman–Crippen MR) is 66.6 cm³/mol. The van der Waals surface area contributed by atoms with Crippen molar-refractivity contribution >= 4 is 17.8 Å². The van der Waals surface area contributed by atoms with Crippen LogP contribution in [0.1, 0.15) is 18.4 Å². The van der Waals surface area contributed by atoms with Crippen molar-refractivity contribution in [2.75, 3.05) is 18.0 Å². The molecular formula is C12H15N3O3. The molecule has 0 bridgehead atoms. The van der Waals surface area contributed by atoms with E-state index in [-0.39, 0.29) is 11.6 Å². The Balaban J connectivity index is 2.17. The van der Waals surface area contributed by atoms with Gasteiger partial charge in [-0.2, -0.15) is 0 Å². The van der Waals surface area contributed by atoms with Crippen molar-refractivity contribution in [3.8, 4) is 0 Å². The van der Waals surface area contributed by atoms with Gasteiger partial charge in [0, 0.05) is 30.8 Å². The molecule has 18 heavy (non-hydrogen) atoms. The van der Waals surface area contributed by atoms with Crippen molar-refractivity contribution in [2.24, 2.45) is 5.92 Å². The largest absolute Gasteiger partial charge is 0.356 e. The number of hydrogen-bond acceptors (Lipinski definition) is 5. The van der Waals surface area contributed by atoms with Crippen LogP contribution >= 0.6 is 0 Å². The summed E-state index contributed by atoms with van der Waals surface area (Å²) in [5.74, 6) is 0.735. The lowest BCUT2D eigenvalue weighted by atomic mass is 9.98. The topological polar surface area (TPSA) is 76.3 Å². The van der Waals surface area contributed by atoms with Gasteiger partial charge in [0.05, 0.1) is 11.0 Å². The highest BCUT2D eigenvalue weighted by Crippen LogP contribution is 2.25. The first kappa shape index (κ1) is 12.5. The van der Waals surface area contributed by atoms with Crippen molar-refractivity contribution in [1.29, 1.82) is 0 Å². The van der Waals surface area contributed by atoms with Gasteiger partial charge >= 0.3 is 0 Å². The Bertz CT molecular complexity index is 468. The number of hydrogen-bond donors (Lipinski definition) is 0. The first-order valence-corrected chi connectivity index (χ1v) is 5.93. The van der Waals surface area contributed by atoms with Crippen molar-refractivity contribution in [3.63, 3.8) is 0 Å². The second-order valence-electron chi connectivity index (χ2n) is 4.55. The number of nitrogens with zero attached hydrogens (tertiary/aromatic N) is 3. The molecule has 96 valence electrons. The number of aldehydes is 1. The minimum atomic E-state index is -0.390. The predicted octanol–water partition coefficient (Wildman–Crippen LogP) is 1.71. The summed E-state index contributed by atoms with van der Waals surface area (Å²) in [4.78, 5) is 27.4. The van der Waals surface area contributed by atoms with E-state index in [4.69, 9.17) is 0 Å². The summed E-state index contributed by atoms with van der Waals surface area (Å²) in [7, 11) is 0. The molecule has 1 aromatic heterocycles. The average Bonchev–Trinajstić information content (AvgIpc) is 2.39. The standard InChI is InChI=1S/C12H15N3O3/c1-9-7-13-12(6-11(9)15(17)18)14-4-2-10(8-16)3-5-14/h6-8,10H,2-5H2,1H3. The van der Waals surface area contributed by atoms with Gasteiger partial charge in [0.1, 0.15) is 12.1 Å². The number of aromatic nitrogens is 1. The van der Waals surface area contributed by atoms with Gasteiger partial charge in [0.25, 0.3) is 5.69 Å². The Morgan fingerprint density at radius 2 is 2.17 bits per heavy atom. The summed E-state index contributed by atoms with van der Waals surface area (Å²) < 4.78 is 0. The number of pyridine rings is 1. The Labute approximate surface area is 105 Å². The third-order valence-corrected chi connectivity index (χ3v) is 3.31. The van der Waals surface area contributed by atoms with Gasteiger partial charge in [-0.1, -0.05) is 0 Å². The van der Waals surface area contributed by atoms with Crippen LogP contribution in [0.2, 0.25) is 0 Å². The van der Waals surface area contributed by atoms with Crippen LogP contribution in [0.4, 0.5) is 11.5 Å². The van der Waals surface area contributed by atoms with E-state index in [1.165, 1.54) is 12.3 Å². The molecule has 6 nitrogen and oxygen atoms in total. The van der Waals surface area contributed by atoms with Crippen LogP contribution in [0.3, 0.4) is 0 Å². The summed E-state index contributed by atoms with van der Waals surface area (Å²) in [6.07, 6.45) is 4.08. The van der Waals surface area contributed by atoms with Crippen LogP contribution < -0.4 is 4.90 Å². The maximum Gasteiger partial charge on any atom is 0.277 e. The number of rotatable bonds is 3. The minimum Gasteiger partial charge on any atom is -0.356 e. The average molecular weight is 249 g/mol. The Hall–Kier alpha value is -1.98. The van der Waals surface area contributed by atoms with E-state index in [9.17, 15) is 14.9 Å². The van der Waals surface area contributed by atoms with E-state index < -0.39 is 4.92 Å². The van der Waals surface area contributed by atoms with Gasteiger partial charge in [-0.15, -0.1) is 0 Å². The first-order chi connectivity index (χ1) is 8.61. The van der Waals surface area contributed by atoms with Crippen molar-refractivity contribution in [2.45, 2.75) is 19.8 Å². The van der Waals surface area contributed by atoms with Crippen LogP contribution in [-0.4, -0.2) is 29.3 Å². The van der Waals surface area contributed by atoms with Gasteiger partial charge in [-0.05, 0) is 19.8 Å². The molecule has 0 N–H and O–H groups in total. The highest BCUT2D eigenvalue weighted by Gasteiger charge is 2.21. The van der Waals surface area contributed by atoms with Crippen LogP contribution in [0, 0.1) is 23.0 Å². The van der Waals surface area contributed by atoms with Crippen molar-refractivity contribution < 1.29 is 9.72 Å². The number of aryl methyl sites for hydroxylation is 1. The number of carbonyl (C=O) groups excluding carboxylic acids is 1. The highest BCUT2D eigenvalue weighted by atomic mass is 16.6. The number of carbonyl (C=O) groups is 1. The molecule has 0 spiro atoms. The zero-order chi connectivity index (χ0) is 13.1. The van der Waals surface area contributed by atoms with Crippen molar-refractivity contribution in [3.05, 3.63) is 27.9 Å². The summed E-state index contributed by atoms with van der Waals surface area (Å²) in [5, 5.41) is 10.9. The van der Waals surface area contributed by atoms with Gasteiger partial charge in [-0.3, -0.25) is 10.1 Å². The molecule has 0 saturated carbocycles. The van der Waals surface area contributed by atoms with E-state index in [1.54, 1.807) is 6.92 Å². The molecule has 1 aliphatic heterocycles. The van der Waals surface area contributed by atoms with E-state index in [0.717, 1.165) is 32.2 Å². The second-order valence-corrected chi connectivity index (χ2v) is 4.55. The first-order valence-electron chi connectivity index (χ1n) is 5.93. The molecule has 1 fully saturated rings. The fraction of sp³-hybridized carbons (Fsp3) is 0.500.